The van der Waals surface area contributed by atoms with E-state index < -0.39 is 5.54 Å². The number of hydrogen-bond acceptors (Lipinski definition) is 4. The van der Waals surface area contributed by atoms with Crippen molar-refractivity contribution in [2.45, 2.75) is 91.3 Å². The van der Waals surface area contributed by atoms with Gasteiger partial charge in [-0.05, 0) is 67.2 Å². The van der Waals surface area contributed by atoms with Crippen LogP contribution in [0.25, 0.3) is 0 Å². The number of ether oxygens (including phenoxy) is 2. The molecule has 0 fully saturated rings. The summed E-state index contributed by atoms with van der Waals surface area (Å²) < 4.78 is 11.0. The average molecular weight is 301 g/mol. The van der Waals surface area contributed by atoms with E-state index in [1.807, 2.05) is 27.7 Å². The summed E-state index contributed by atoms with van der Waals surface area (Å²) in [6, 6.07) is 0.245. The van der Waals surface area contributed by atoms with E-state index in [-0.39, 0.29) is 17.6 Å². The van der Waals surface area contributed by atoms with Crippen LogP contribution in [-0.2, 0) is 14.3 Å². The Morgan fingerprint density at radius 2 is 1.76 bits per heavy atom. The van der Waals surface area contributed by atoms with Gasteiger partial charge >= 0.3 is 5.97 Å². The molecule has 0 aliphatic heterocycles. The maximum absolute atomic E-state index is 12.2. The van der Waals surface area contributed by atoms with Crippen molar-refractivity contribution < 1.29 is 14.3 Å². The van der Waals surface area contributed by atoms with Gasteiger partial charge in [-0.3, -0.25) is 10.1 Å². The van der Waals surface area contributed by atoms with E-state index >= 15 is 0 Å². The summed E-state index contributed by atoms with van der Waals surface area (Å²) in [5, 5.41) is 3.34. The summed E-state index contributed by atoms with van der Waals surface area (Å²) in [5.41, 5.74) is -0.662. The third kappa shape index (κ3) is 8.42. The smallest absolute Gasteiger partial charge is 0.326 e. The lowest BCUT2D eigenvalue weighted by Gasteiger charge is -2.31. The van der Waals surface area contributed by atoms with Gasteiger partial charge in [0, 0.05) is 12.6 Å². The van der Waals surface area contributed by atoms with Crippen molar-refractivity contribution in [2.24, 2.45) is 0 Å². The standard InChI is InChI=1S/C17H35NO3/c1-8-16(5,6)21-13-11-10-12-17(7,18-14(3)4)15(19)20-9-2/h14,18H,8-13H2,1-7H3. The molecule has 0 aromatic carbocycles. The van der Waals surface area contributed by atoms with E-state index in [9.17, 15) is 4.79 Å². The number of nitrogens with one attached hydrogen (secondary N) is 1. The largest absolute Gasteiger partial charge is 0.465 e. The summed E-state index contributed by atoms with van der Waals surface area (Å²) >= 11 is 0. The van der Waals surface area contributed by atoms with Crippen LogP contribution in [-0.4, -0.2) is 36.4 Å². The molecule has 0 rings (SSSR count). The molecule has 0 saturated carbocycles. The number of carbonyl (C=O) groups is 1. The van der Waals surface area contributed by atoms with Gasteiger partial charge in [0.05, 0.1) is 12.2 Å². The van der Waals surface area contributed by atoms with E-state index in [1.54, 1.807) is 0 Å². The lowest BCUT2D eigenvalue weighted by Crippen LogP contribution is -2.53. The normalized spacial score (nSPS) is 15.0. The molecule has 1 unspecified atom stereocenters. The first-order valence-corrected chi connectivity index (χ1v) is 8.25. The maximum atomic E-state index is 12.2. The van der Waals surface area contributed by atoms with Gasteiger partial charge in [0.25, 0.3) is 0 Å². The third-order valence-corrected chi connectivity index (χ3v) is 3.75. The zero-order valence-electron chi connectivity index (χ0n) is 15.0. The molecule has 0 aliphatic carbocycles. The van der Waals surface area contributed by atoms with Crippen molar-refractivity contribution in [3.63, 3.8) is 0 Å². The molecular weight excluding hydrogens is 266 g/mol. The quantitative estimate of drug-likeness (QED) is 0.467. The Labute approximate surface area is 131 Å². The molecule has 0 aromatic heterocycles. The zero-order valence-corrected chi connectivity index (χ0v) is 15.0. The predicted octanol–water partition coefficient (Wildman–Crippen LogP) is 3.68. The van der Waals surface area contributed by atoms with Gasteiger partial charge in [0.2, 0.25) is 0 Å². The van der Waals surface area contributed by atoms with Gasteiger partial charge in [-0.25, -0.2) is 0 Å². The van der Waals surface area contributed by atoms with Crippen LogP contribution in [0.2, 0.25) is 0 Å². The predicted molar refractivity (Wildman–Crippen MR) is 87.5 cm³/mol. The van der Waals surface area contributed by atoms with Crippen molar-refractivity contribution in [1.82, 2.24) is 5.32 Å². The fourth-order valence-electron chi connectivity index (χ4n) is 2.19. The third-order valence-electron chi connectivity index (χ3n) is 3.75. The van der Waals surface area contributed by atoms with Crippen LogP contribution in [0, 0.1) is 0 Å². The highest BCUT2D eigenvalue weighted by molar-refractivity contribution is 5.80. The van der Waals surface area contributed by atoms with Crippen molar-refractivity contribution in [3.8, 4) is 0 Å². The molecule has 0 aliphatic rings. The van der Waals surface area contributed by atoms with Crippen LogP contribution in [0.15, 0.2) is 0 Å². The lowest BCUT2D eigenvalue weighted by atomic mass is 9.94. The summed E-state index contributed by atoms with van der Waals surface area (Å²) in [6.07, 6.45) is 3.66. The maximum Gasteiger partial charge on any atom is 0.326 e. The Morgan fingerprint density at radius 3 is 2.24 bits per heavy atom. The fourth-order valence-corrected chi connectivity index (χ4v) is 2.19. The monoisotopic (exact) mass is 301 g/mol. The second-order valence-electron chi connectivity index (χ2n) is 6.77. The first kappa shape index (κ1) is 20.4. The highest BCUT2D eigenvalue weighted by Crippen LogP contribution is 2.19. The van der Waals surface area contributed by atoms with Crippen molar-refractivity contribution in [3.05, 3.63) is 0 Å². The average Bonchev–Trinajstić information content (AvgIpc) is 2.37. The molecular formula is C17H35NO3. The molecule has 0 radical (unpaired) electrons. The van der Waals surface area contributed by atoms with Gasteiger partial charge in [-0.1, -0.05) is 6.92 Å². The van der Waals surface area contributed by atoms with Crippen LogP contribution in [0.1, 0.15) is 74.1 Å². The fraction of sp³-hybridized carbons (Fsp3) is 0.941. The molecule has 0 aromatic rings. The molecule has 0 saturated heterocycles. The minimum Gasteiger partial charge on any atom is -0.465 e. The Hall–Kier alpha value is -0.610. The van der Waals surface area contributed by atoms with E-state index in [0.717, 1.165) is 32.3 Å². The number of hydrogen-bond donors (Lipinski definition) is 1. The second kappa shape index (κ2) is 9.42. The minimum atomic E-state index is -0.607. The highest BCUT2D eigenvalue weighted by Gasteiger charge is 2.34. The zero-order chi connectivity index (χ0) is 16.5. The van der Waals surface area contributed by atoms with Crippen LogP contribution in [0.5, 0.6) is 0 Å². The molecule has 21 heavy (non-hydrogen) atoms. The first-order chi connectivity index (χ1) is 9.67. The molecule has 4 heteroatoms. The lowest BCUT2D eigenvalue weighted by molar-refractivity contribution is -0.151. The van der Waals surface area contributed by atoms with Gasteiger partial charge in [-0.2, -0.15) is 0 Å². The molecule has 1 atom stereocenters. The molecule has 126 valence electrons. The molecule has 0 heterocycles. The van der Waals surface area contributed by atoms with E-state index in [1.165, 1.54) is 0 Å². The van der Waals surface area contributed by atoms with Crippen LogP contribution >= 0.6 is 0 Å². The van der Waals surface area contributed by atoms with E-state index in [2.05, 4.69) is 26.1 Å². The Bertz CT molecular complexity index is 302. The van der Waals surface area contributed by atoms with Crippen molar-refractivity contribution in [2.75, 3.05) is 13.2 Å². The number of rotatable bonds is 11. The van der Waals surface area contributed by atoms with Crippen LogP contribution < -0.4 is 5.32 Å². The minimum absolute atomic E-state index is 0.0549. The van der Waals surface area contributed by atoms with Gasteiger partial charge in [0.15, 0.2) is 0 Å². The molecule has 1 N–H and O–H groups in total. The molecule has 0 bridgehead atoms. The summed E-state index contributed by atoms with van der Waals surface area (Å²) in [7, 11) is 0. The van der Waals surface area contributed by atoms with Crippen molar-refractivity contribution >= 4 is 5.97 Å². The summed E-state index contributed by atoms with van der Waals surface area (Å²) in [5.74, 6) is -0.159. The van der Waals surface area contributed by atoms with E-state index in [4.69, 9.17) is 9.47 Å². The number of unbranched alkanes of at least 4 members (excludes halogenated alkanes) is 1. The molecule has 4 nitrogen and oxygen atoms in total. The Morgan fingerprint density at radius 1 is 1.14 bits per heavy atom. The SMILES string of the molecule is CCOC(=O)C(C)(CCCCOC(C)(C)CC)NC(C)C. The number of carbonyl (C=O) groups excluding carboxylic acids is 1. The van der Waals surface area contributed by atoms with Gasteiger partial charge in [0.1, 0.15) is 5.54 Å². The van der Waals surface area contributed by atoms with Gasteiger partial charge < -0.3 is 9.47 Å². The van der Waals surface area contributed by atoms with Crippen molar-refractivity contribution in [1.29, 1.82) is 0 Å². The molecule has 0 amide bonds. The van der Waals surface area contributed by atoms with Crippen LogP contribution in [0.4, 0.5) is 0 Å². The first-order valence-electron chi connectivity index (χ1n) is 8.25. The summed E-state index contributed by atoms with van der Waals surface area (Å²) in [6.45, 7) is 15.4. The van der Waals surface area contributed by atoms with Crippen LogP contribution in [0.3, 0.4) is 0 Å². The highest BCUT2D eigenvalue weighted by atomic mass is 16.5. The number of esters is 1. The van der Waals surface area contributed by atoms with E-state index in [0.29, 0.717) is 6.61 Å². The molecule has 0 spiro atoms. The van der Waals surface area contributed by atoms with Gasteiger partial charge in [-0.15, -0.1) is 0 Å². The second-order valence-corrected chi connectivity index (χ2v) is 6.77. The summed E-state index contributed by atoms with van der Waals surface area (Å²) in [4.78, 5) is 12.2. The Kier molecular flexibility index (Phi) is 9.14. The Balaban J connectivity index is 4.28. The topological polar surface area (TPSA) is 47.6 Å².